The minimum Gasteiger partial charge on any atom is -0.342 e. The van der Waals surface area contributed by atoms with Gasteiger partial charge in [0.1, 0.15) is 11.6 Å². The lowest BCUT2D eigenvalue weighted by Crippen LogP contribution is -2.28. The fourth-order valence-electron chi connectivity index (χ4n) is 3.25. The van der Waals surface area contributed by atoms with Crippen LogP contribution in [0.15, 0.2) is 71.9 Å². The van der Waals surface area contributed by atoms with E-state index < -0.39 is 17.8 Å². The summed E-state index contributed by atoms with van der Waals surface area (Å²) >= 11 is 13.9. The van der Waals surface area contributed by atoms with Crippen LogP contribution in [-0.2, 0) is 5.75 Å². The summed E-state index contributed by atoms with van der Waals surface area (Å²) in [6.45, 7) is 1.75. The van der Waals surface area contributed by atoms with Crippen LogP contribution in [0.2, 0.25) is 10.0 Å². The van der Waals surface area contributed by atoms with Crippen molar-refractivity contribution in [3.63, 3.8) is 0 Å². The lowest BCUT2D eigenvalue weighted by molar-refractivity contribution is 0.0937. The Morgan fingerprint density at radius 3 is 2.50 bits per heavy atom. The van der Waals surface area contributed by atoms with Crippen molar-refractivity contribution in [2.24, 2.45) is 0 Å². The van der Waals surface area contributed by atoms with Crippen LogP contribution in [0.4, 0.5) is 8.78 Å². The Kier molecular flexibility index (Phi) is 7.50. The summed E-state index contributed by atoms with van der Waals surface area (Å²) in [5.74, 6) is -0.334. The highest BCUT2D eigenvalue weighted by Gasteiger charge is 2.23. The molecule has 10 heteroatoms. The van der Waals surface area contributed by atoms with Gasteiger partial charge in [0, 0.05) is 16.3 Å². The summed E-state index contributed by atoms with van der Waals surface area (Å²) in [6.07, 6.45) is 0. The van der Waals surface area contributed by atoms with Gasteiger partial charge in [0.15, 0.2) is 11.0 Å². The molecular weight excluding hydrogens is 501 g/mol. The zero-order valence-electron chi connectivity index (χ0n) is 17.8. The van der Waals surface area contributed by atoms with Crippen LogP contribution in [0.3, 0.4) is 0 Å². The van der Waals surface area contributed by atoms with E-state index in [9.17, 15) is 13.6 Å². The maximum absolute atomic E-state index is 13.5. The monoisotopic (exact) mass is 518 g/mol. The van der Waals surface area contributed by atoms with E-state index in [1.54, 1.807) is 41.8 Å². The first-order chi connectivity index (χ1) is 16.3. The van der Waals surface area contributed by atoms with Crippen molar-refractivity contribution in [1.82, 2.24) is 20.1 Å². The highest BCUT2D eigenvalue weighted by Crippen LogP contribution is 2.32. The minimum absolute atomic E-state index is 0.188. The molecule has 0 spiro atoms. The van der Waals surface area contributed by atoms with Crippen LogP contribution in [0.1, 0.15) is 34.7 Å². The molecule has 1 amide bonds. The van der Waals surface area contributed by atoms with Gasteiger partial charge in [-0.15, -0.1) is 10.2 Å². The quantitative estimate of drug-likeness (QED) is 0.278. The maximum atomic E-state index is 13.5. The van der Waals surface area contributed by atoms with Gasteiger partial charge in [-0.05, 0) is 61.0 Å². The Labute approximate surface area is 209 Å². The third kappa shape index (κ3) is 5.58. The molecule has 5 nitrogen and oxygen atoms in total. The molecule has 174 valence electrons. The Hall–Kier alpha value is -2.94. The molecule has 0 aliphatic rings. The molecular formula is C24H18Cl2F2N4OS. The van der Waals surface area contributed by atoms with Gasteiger partial charge in [0.25, 0.3) is 5.91 Å². The Morgan fingerprint density at radius 2 is 1.79 bits per heavy atom. The van der Waals surface area contributed by atoms with Gasteiger partial charge in [0.05, 0.1) is 16.8 Å². The fourth-order valence-corrected chi connectivity index (χ4v) is 4.65. The molecule has 0 aliphatic carbocycles. The van der Waals surface area contributed by atoms with Crippen molar-refractivity contribution in [1.29, 1.82) is 0 Å². The summed E-state index contributed by atoms with van der Waals surface area (Å²) < 4.78 is 28.5. The van der Waals surface area contributed by atoms with E-state index in [4.69, 9.17) is 23.2 Å². The summed E-state index contributed by atoms with van der Waals surface area (Å²) in [7, 11) is 0. The number of rotatable bonds is 7. The van der Waals surface area contributed by atoms with Gasteiger partial charge >= 0.3 is 0 Å². The molecule has 1 aromatic heterocycles. The Bertz CT molecular complexity index is 1330. The zero-order valence-corrected chi connectivity index (χ0v) is 20.1. The number of thioether (sulfide) groups is 1. The molecule has 0 aliphatic heterocycles. The molecule has 1 unspecified atom stereocenters. The summed E-state index contributed by atoms with van der Waals surface area (Å²) in [6, 6.07) is 16.0. The number of hydrogen-bond acceptors (Lipinski definition) is 4. The van der Waals surface area contributed by atoms with Crippen LogP contribution < -0.4 is 5.32 Å². The molecule has 0 radical (unpaired) electrons. The van der Waals surface area contributed by atoms with Crippen LogP contribution >= 0.6 is 35.0 Å². The van der Waals surface area contributed by atoms with Crippen LogP contribution in [0, 0.1) is 11.6 Å². The van der Waals surface area contributed by atoms with Crippen LogP contribution in [0.5, 0.6) is 0 Å². The number of nitrogens with zero attached hydrogens (tertiary/aromatic N) is 3. The second-order valence-corrected chi connectivity index (χ2v) is 9.18. The number of amides is 1. The number of halogens is 4. The van der Waals surface area contributed by atoms with Crippen LogP contribution in [-0.4, -0.2) is 20.7 Å². The van der Waals surface area contributed by atoms with Gasteiger partial charge in [-0.2, -0.15) is 0 Å². The Balaban J connectivity index is 1.65. The third-order valence-corrected chi connectivity index (χ3v) is 6.45. The molecule has 0 fully saturated rings. The maximum Gasteiger partial charge on any atom is 0.251 e. The van der Waals surface area contributed by atoms with E-state index in [-0.39, 0.29) is 11.4 Å². The van der Waals surface area contributed by atoms with Gasteiger partial charge in [-0.3, -0.25) is 9.36 Å². The second-order valence-electron chi connectivity index (χ2n) is 7.39. The third-order valence-electron chi connectivity index (χ3n) is 4.91. The molecule has 1 N–H and O–H groups in total. The first-order valence-corrected chi connectivity index (χ1v) is 11.9. The Morgan fingerprint density at radius 1 is 1.03 bits per heavy atom. The zero-order chi connectivity index (χ0) is 24.2. The molecule has 0 saturated heterocycles. The van der Waals surface area contributed by atoms with Crippen molar-refractivity contribution in [3.05, 3.63) is 105 Å². The lowest BCUT2D eigenvalue weighted by atomic mass is 10.2. The summed E-state index contributed by atoms with van der Waals surface area (Å²) in [5.41, 5.74) is 1.67. The predicted octanol–water partition coefficient (Wildman–Crippen LogP) is 6.64. The molecule has 3 aromatic carbocycles. The summed E-state index contributed by atoms with van der Waals surface area (Å²) in [4.78, 5) is 12.7. The minimum atomic E-state index is -0.588. The molecule has 0 bridgehead atoms. The second kappa shape index (κ2) is 10.5. The predicted molar refractivity (Wildman–Crippen MR) is 130 cm³/mol. The number of hydrogen-bond donors (Lipinski definition) is 1. The van der Waals surface area contributed by atoms with Gasteiger partial charge < -0.3 is 5.32 Å². The van der Waals surface area contributed by atoms with E-state index in [1.807, 2.05) is 0 Å². The van der Waals surface area contributed by atoms with Gasteiger partial charge in [0.2, 0.25) is 0 Å². The van der Waals surface area contributed by atoms with Gasteiger partial charge in [-0.1, -0.05) is 53.2 Å². The molecule has 1 heterocycles. The summed E-state index contributed by atoms with van der Waals surface area (Å²) in [5, 5.41) is 12.8. The van der Waals surface area contributed by atoms with E-state index >= 15 is 0 Å². The smallest absolute Gasteiger partial charge is 0.251 e. The first kappa shape index (κ1) is 24.2. The van der Waals surface area contributed by atoms with Crippen molar-refractivity contribution in [2.75, 3.05) is 0 Å². The van der Waals surface area contributed by atoms with E-state index in [2.05, 4.69) is 15.5 Å². The largest absolute Gasteiger partial charge is 0.342 e. The number of nitrogens with one attached hydrogen (secondary N) is 1. The SMILES string of the molecule is CC(NC(=O)c1cccc(F)c1)c1nnc(SCc2ccc(F)cc2)n1-c1ccc(Cl)cc1Cl. The van der Waals surface area contributed by atoms with Crippen LogP contribution in [0.25, 0.3) is 5.69 Å². The average molecular weight is 519 g/mol. The normalized spacial score (nSPS) is 11.9. The molecule has 1 atom stereocenters. The topological polar surface area (TPSA) is 59.8 Å². The fraction of sp³-hybridized carbons (Fsp3) is 0.125. The van der Waals surface area contributed by atoms with E-state index in [0.717, 1.165) is 11.6 Å². The highest BCUT2D eigenvalue weighted by atomic mass is 35.5. The van der Waals surface area contributed by atoms with Crippen molar-refractivity contribution < 1.29 is 13.6 Å². The lowest BCUT2D eigenvalue weighted by Gasteiger charge is -2.17. The standard InChI is InChI=1S/C24H18Cl2F2N4OS/c1-14(29-23(33)16-3-2-4-19(28)11-16)22-30-31-24(34-13-15-5-8-18(27)9-6-15)32(22)21-10-7-17(25)12-20(21)26/h2-12,14H,13H2,1H3,(H,29,33). The van der Waals surface area contributed by atoms with Crippen molar-refractivity contribution >= 4 is 40.9 Å². The number of aromatic nitrogens is 3. The molecule has 34 heavy (non-hydrogen) atoms. The van der Waals surface area contributed by atoms with E-state index in [1.165, 1.54) is 42.1 Å². The average Bonchev–Trinajstić information content (AvgIpc) is 3.22. The molecule has 4 rings (SSSR count). The van der Waals surface area contributed by atoms with Gasteiger partial charge in [-0.25, -0.2) is 8.78 Å². The van der Waals surface area contributed by atoms with E-state index in [0.29, 0.717) is 32.5 Å². The first-order valence-electron chi connectivity index (χ1n) is 10.2. The van der Waals surface area contributed by atoms with Crippen molar-refractivity contribution in [2.45, 2.75) is 23.9 Å². The molecule has 0 saturated carbocycles. The number of carbonyl (C=O) groups excluding carboxylic acids is 1. The highest BCUT2D eigenvalue weighted by molar-refractivity contribution is 7.98. The number of carbonyl (C=O) groups is 1. The number of benzene rings is 3. The van der Waals surface area contributed by atoms with Crippen molar-refractivity contribution in [3.8, 4) is 5.69 Å². The molecule has 4 aromatic rings.